The zero-order valence-corrected chi connectivity index (χ0v) is 20.0. The molecular formula is C24H28BrN3O4. The Morgan fingerprint density at radius 2 is 1.78 bits per heavy atom. The van der Waals surface area contributed by atoms with Crippen LogP contribution in [0.25, 0.3) is 6.08 Å². The Kier molecular flexibility index (Phi) is 9.46. The van der Waals surface area contributed by atoms with Crippen molar-refractivity contribution in [1.29, 1.82) is 0 Å². The fourth-order valence-corrected chi connectivity index (χ4v) is 3.02. The van der Waals surface area contributed by atoms with Gasteiger partial charge in [-0.25, -0.2) is 4.79 Å². The average molecular weight is 502 g/mol. The van der Waals surface area contributed by atoms with Crippen molar-refractivity contribution >= 4 is 45.6 Å². The molecule has 0 saturated heterocycles. The molecule has 32 heavy (non-hydrogen) atoms. The lowest BCUT2D eigenvalue weighted by atomic mass is 10.2. The van der Waals surface area contributed by atoms with Crippen molar-refractivity contribution in [1.82, 2.24) is 10.6 Å². The summed E-state index contributed by atoms with van der Waals surface area (Å²) in [5.74, 6) is -0.452. The molecule has 3 N–H and O–H groups in total. The van der Waals surface area contributed by atoms with E-state index in [0.29, 0.717) is 12.2 Å². The number of carbonyl (C=O) groups excluding carboxylic acids is 3. The van der Waals surface area contributed by atoms with Crippen LogP contribution in [0, 0.1) is 0 Å². The topological polar surface area (TPSA) is 96.5 Å². The summed E-state index contributed by atoms with van der Waals surface area (Å²) < 4.78 is 6.06. The summed E-state index contributed by atoms with van der Waals surface area (Å²) in [5, 5.41) is 8.15. The Morgan fingerprint density at radius 3 is 2.50 bits per heavy atom. The third-order valence-electron chi connectivity index (χ3n) is 3.98. The lowest BCUT2D eigenvalue weighted by Gasteiger charge is -2.19. The Balaban J connectivity index is 1.77. The summed E-state index contributed by atoms with van der Waals surface area (Å²) in [6, 6.07) is 14.9. The first kappa shape index (κ1) is 25.1. The largest absolute Gasteiger partial charge is 0.444 e. The SMILES string of the molecule is CC(C)(C)OC(=O)NCCC(=O)NCc1cccc(NC(=O)/C=C/c2cccc(Br)c2)c1. The van der Waals surface area contributed by atoms with Gasteiger partial charge in [-0.2, -0.15) is 0 Å². The van der Waals surface area contributed by atoms with Gasteiger partial charge in [0.05, 0.1) is 0 Å². The number of hydrogen-bond donors (Lipinski definition) is 3. The molecule has 8 heteroatoms. The molecule has 0 unspecified atom stereocenters. The van der Waals surface area contributed by atoms with Crippen molar-refractivity contribution in [3.8, 4) is 0 Å². The molecule has 7 nitrogen and oxygen atoms in total. The number of halogens is 1. The predicted octanol–water partition coefficient (Wildman–Crippen LogP) is 4.63. The summed E-state index contributed by atoms with van der Waals surface area (Å²) in [4.78, 5) is 35.8. The minimum Gasteiger partial charge on any atom is -0.444 e. The minimum atomic E-state index is -0.582. The smallest absolute Gasteiger partial charge is 0.407 e. The minimum absolute atomic E-state index is 0.135. The molecule has 0 aliphatic carbocycles. The van der Waals surface area contributed by atoms with E-state index in [1.807, 2.05) is 30.3 Å². The standard InChI is InChI=1S/C24H28BrN3O4/c1-24(2,3)32-23(31)26-13-12-21(29)27-16-18-7-5-9-20(15-18)28-22(30)11-10-17-6-4-8-19(25)14-17/h4-11,14-15H,12-13,16H2,1-3H3,(H,26,31)(H,27,29)(H,28,30)/b11-10+. The monoisotopic (exact) mass is 501 g/mol. The van der Waals surface area contributed by atoms with Crippen molar-refractivity contribution in [2.24, 2.45) is 0 Å². The molecule has 2 aromatic carbocycles. The summed E-state index contributed by atoms with van der Waals surface area (Å²) in [7, 11) is 0. The third kappa shape index (κ3) is 10.3. The second kappa shape index (κ2) is 12.0. The van der Waals surface area contributed by atoms with E-state index < -0.39 is 11.7 Å². The van der Waals surface area contributed by atoms with E-state index in [1.165, 1.54) is 6.08 Å². The molecule has 0 spiro atoms. The summed E-state index contributed by atoms with van der Waals surface area (Å²) in [6.07, 6.45) is 2.78. The first-order chi connectivity index (χ1) is 15.1. The van der Waals surface area contributed by atoms with E-state index in [4.69, 9.17) is 4.74 Å². The van der Waals surface area contributed by atoms with Gasteiger partial charge in [0.25, 0.3) is 0 Å². The molecule has 0 aliphatic rings. The normalized spacial score (nSPS) is 11.1. The van der Waals surface area contributed by atoms with E-state index in [1.54, 1.807) is 45.0 Å². The van der Waals surface area contributed by atoms with Gasteiger partial charge in [0.2, 0.25) is 11.8 Å². The molecule has 0 aromatic heterocycles. The van der Waals surface area contributed by atoms with E-state index in [2.05, 4.69) is 31.9 Å². The Bertz CT molecular complexity index is 983. The van der Waals surface area contributed by atoms with Crippen molar-refractivity contribution in [3.05, 3.63) is 70.2 Å². The van der Waals surface area contributed by atoms with Crippen LogP contribution in [0.15, 0.2) is 59.1 Å². The summed E-state index contributed by atoms with van der Waals surface area (Å²) in [5.41, 5.74) is 1.80. The van der Waals surface area contributed by atoms with Crippen LogP contribution < -0.4 is 16.0 Å². The van der Waals surface area contributed by atoms with Gasteiger partial charge in [0.15, 0.2) is 0 Å². The van der Waals surface area contributed by atoms with E-state index in [0.717, 1.165) is 15.6 Å². The predicted molar refractivity (Wildman–Crippen MR) is 129 cm³/mol. The molecular weight excluding hydrogens is 474 g/mol. The number of benzene rings is 2. The second-order valence-electron chi connectivity index (χ2n) is 8.03. The highest BCUT2D eigenvalue weighted by molar-refractivity contribution is 9.10. The Hall–Kier alpha value is -3.13. The number of alkyl carbamates (subject to hydrolysis) is 1. The number of hydrogen-bond acceptors (Lipinski definition) is 4. The van der Waals surface area contributed by atoms with Gasteiger partial charge in [0, 0.05) is 35.7 Å². The van der Waals surface area contributed by atoms with Crippen LogP contribution in [0.1, 0.15) is 38.3 Å². The third-order valence-corrected chi connectivity index (χ3v) is 4.47. The molecule has 3 amide bonds. The van der Waals surface area contributed by atoms with Crippen molar-refractivity contribution < 1.29 is 19.1 Å². The van der Waals surface area contributed by atoms with Crippen LogP contribution in [-0.2, 0) is 20.9 Å². The molecule has 2 aromatic rings. The molecule has 2 rings (SSSR count). The first-order valence-corrected chi connectivity index (χ1v) is 11.0. The van der Waals surface area contributed by atoms with Gasteiger partial charge in [-0.3, -0.25) is 9.59 Å². The van der Waals surface area contributed by atoms with Crippen LogP contribution in [-0.4, -0.2) is 30.1 Å². The lowest BCUT2D eigenvalue weighted by Crippen LogP contribution is -2.35. The van der Waals surface area contributed by atoms with Crippen LogP contribution in [0.4, 0.5) is 10.5 Å². The van der Waals surface area contributed by atoms with Gasteiger partial charge in [-0.05, 0) is 62.2 Å². The maximum absolute atomic E-state index is 12.2. The molecule has 0 aliphatic heterocycles. The quantitative estimate of drug-likeness (QED) is 0.459. The van der Waals surface area contributed by atoms with Gasteiger partial charge in [0.1, 0.15) is 5.60 Å². The van der Waals surface area contributed by atoms with Crippen LogP contribution in [0.2, 0.25) is 0 Å². The van der Waals surface area contributed by atoms with Crippen molar-refractivity contribution in [3.63, 3.8) is 0 Å². The fraction of sp³-hybridized carbons (Fsp3) is 0.292. The Morgan fingerprint density at radius 1 is 1.03 bits per heavy atom. The molecule has 0 fully saturated rings. The highest BCUT2D eigenvalue weighted by atomic mass is 79.9. The average Bonchev–Trinajstić information content (AvgIpc) is 2.70. The van der Waals surface area contributed by atoms with E-state index in [-0.39, 0.29) is 24.8 Å². The zero-order valence-electron chi connectivity index (χ0n) is 18.4. The van der Waals surface area contributed by atoms with Gasteiger partial charge < -0.3 is 20.7 Å². The van der Waals surface area contributed by atoms with Crippen LogP contribution in [0.3, 0.4) is 0 Å². The van der Waals surface area contributed by atoms with Crippen molar-refractivity contribution in [2.75, 3.05) is 11.9 Å². The lowest BCUT2D eigenvalue weighted by molar-refractivity contribution is -0.121. The van der Waals surface area contributed by atoms with Gasteiger partial charge in [-0.1, -0.05) is 40.2 Å². The fourth-order valence-electron chi connectivity index (χ4n) is 2.61. The molecule has 0 atom stereocenters. The second-order valence-corrected chi connectivity index (χ2v) is 8.95. The van der Waals surface area contributed by atoms with E-state index >= 15 is 0 Å². The molecule has 0 bridgehead atoms. The summed E-state index contributed by atoms with van der Waals surface area (Å²) in [6.45, 7) is 5.81. The first-order valence-electron chi connectivity index (χ1n) is 10.2. The van der Waals surface area contributed by atoms with Crippen LogP contribution >= 0.6 is 15.9 Å². The molecule has 0 radical (unpaired) electrons. The number of carbonyl (C=O) groups is 3. The molecule has 0 saturated carbocycles. The zero-order chi connectivity index (χ0) is 23.6. The number of rotatable bonds is 8. The highest BCUT2D eigenvalue weighted by Gasteiger charge is 2.15. The number of anilines is 1. The number of ether oxygens (including phenoxy) is 1. The Labute approximate surface area is 196 Å². The molecule has 0 heterocycles. The number of nitrogens with one attached hydrogen (secondary N) is 3. The maximum atomic E-state index is 12.2. The van der Waals surface area contributed by atoms with E-state index in [9.17, 15) is 14.4 Å². The highest BCUT2D eigenvalue weighted by Crippen LogP contribution is 2.14. The van der Waals surface area contributed by atoms with Crippen LogP contribution in [0.5, 0.6) is 0 Å². The number of amides is 3. The van der Waals surface area contributed by atoms with Gasteiger partial charge >= 0.3 is 6.09 Å². The maximum Gasteiger partial charge on any atom is 0.407 e. The van der Waals surface area contributed by atoms with Crippen molar-refractivity contribution in [2.45, 2.75) is 39.3 Å². The molecule has 170 valence electrons. The van der Waals surface area contributed by atoms with Gasteiger partial charge in [-0.15, -0.1) is 0 Å². The summed E-state index contributed by atoms with van der Waals surface area (Å²) >= 11 is 3.40.